The van der Waals surface area contributed by atoms with Gasteiger partial charge in [0.15, 0.2) is 0 Å². The Balaban J connectivity index is 2.33. The average Bonchev–Trinajstić information content (AvgIpc) is 2.44. The van der Waals surface area contributed by atoms with Crippen molar-refractivity contribution in [2.24, 2.45) is 5.73 Å². The van der Waals surface area contributed by atoms with Gasteiger partial charge in [0.25, 0.3) is 0 Å². The first-order valence-electron chi connectivity index (χ1n) is 4.82. The van der Waals surface area contributed by atoms with Gasteiger partial charge in [-0.3, -0.25) is 0 Å². The molecule has 0 fully saturated rings. The lowest BCUT2D eigenvalue weighted by atomic mass is 10.1. The third-order valence-corrected chi connectivity index (χ3v) is 3.25. The number of fused-ring (bicyclic) bond motifs is 1. The predicted octanol–water partition coefficient (Wildman–Crippen LogP) is 0.454. The van der Waals surface area contributed by atoms with E-state index in [2.05, 4.69) is 25.5 Å². The second-order valence-electron chi connectivity index (χ2n) is 3.64. The van der Waals surface area contributed by atoms with Gasteiger partial charge in [0.1, 0.15) is 10.4 Å². The van der Waals surface area contributed by atoms with Crippen LogP contribution < -0.4 is 5.73 Å². The first-order valence-corrected chi connectivity index (χ1v) is 5.62. The number of halogens is 1. The second kappa shape index (κ2) is 4.00. The van der Waals surface area contributed by atoms with Gasteiger partial charge in [-0.2, -0.15) is 0 Å². The molecule has 3 N–H and O–H groups in total. The molecule has 1 unspecified atom stereocenters. The third-order valence-electron chi connectivity index (χ3n) is 2.62. The monoisotopic (exact) mass is 259 g/mol. The maximum Gasteiger partial charge on any atom is 0.127 e. The average molecular weight is 260 g/mol. The molecular formula is C9H14BrN3O. The maximum absolute atomic E-state index is 8.89. The van der Waals surface area contributed by atoms with E-state index in [0.717, 1.165) is 29.8 Å². The third kappa shape index (κ3) is 1.71. The topological polar surface area (TPSA) is 64.1 Å². The second-order valence-corrected chi connectivity index (χ2v) is 4.39. The summed E-state index contributed by atoms with van der Waals surface area (Å²) in [6.45, 7) is 1.07. The Morgan fingerprint density at radius 3 is 3.14 bits per heavy atom. The van der Waals surface area contributed by atoms with Crippen molar-refractivity contribution >= 4 is 15.9 Å². The van der Waals surface area contributed by atoms with Crippen LogP contribution in [-0.2, 0) is 19.4 Å². The maximum atomic E-state index is 8.89. The van der Waals surface area contributed by atoms with Crippen molar-refractivity contribution in [1.29, 1.82) is 0 Å². The molecule has 1 aromatic rings. The lowest BCUT2D eigenvalue weighted by Gasteiger charge is -2.21. The minimum Gasteiger partial charge on any atom is -0.396 e. The predicted molar refractivity (Wildman–Crippen MR) is 57.0 cm³/mol. The molecular weight excluding hydrogens is 246 g/mol. The van der Waals surface area contributed by atoms with Gasteiger partial charge in [0, 0.05) is 25.4 Å². The highest BCUT2D eigenvalue weighted by Gasteiger charge is 2.21. The lowest BCUT2D eigenvalue weighted by Crippen LogP contribution is -2.31. The molecule has 0 spiro atoms. The molecule has 78 valence electrons. The van der Waals surface area contributed by atoms with Crippen LogP contribution in [0.3, 0.4) is 0 Å². The van der Waals surface area contributed by atoms with Gasteiger partial charge in [-0.15, -0.1) is 0 Å². The van der Waals surface area contributed by atoms with Gasteiger partial charge >= 0.3 is 0 Å². The number of rotatable bonds is 2. The molecule has 0 amide bonds. The molecule has 14 heavy (non-hydrogen) atoms. The molecule has 1 aromatic heterocycles. The number of imidazole rings is 1. The minimum atomic E-state index is 0.148. The van der Waals surface area contributed by atoms with Gasteiger partial charge in [-0.25, -0.2) is 4.98 Å². The molecule has 0 aromatic carbocycles. The first-order chi connectivity index (χ1) is 6.72. The molecule has 1 aliphatic heterocycles. The standard InChI is InChI=1S/C9H14BrN3O/c10-9-7-5-6(11)1-3-13(7)8(12-9)2-4-14/h6,14H,1-5,11H2. The first kappa shape index (κ1) is 10.1. The number of aromatic nitrogens is 2. The summed E-state index contributed by atoms with van der Waals surface area (Å²) in [7, 11) is 0. The van der Waals surface area contributed by atoms with Crippen LogP contribution in [0.2, 0.25) is 0 Å². The SMILES string of the molecule is NC1CCn2c(CCO)nc(Br)c2C1. The van der Waals surface area contributed by atoms with Crippen molar-refractivity contribution in [3.05, 3.63) is 16.1 Å². The van der Waals surface area contributed by atoms with Crippen LogP contribution >= 0.6 is 15.9 Å². The zero-order valence-electron chi connectivity index (χ0n) is 7.91. The normalized spacial score (nSPS) is 20.9. The fourth-order valence-corrected chi connectivity index (χ4v) is 2.48. The smallest absolute Gasteiger partial charge is 0.127 e. The fourth-order valence-electron chi connectivity index (χ4n) is 1.90. The van der Waals surface area contributed by atoms with E-state index in [9.17, 15) is 0 Å². The van der Waals surface area contributed by atoms with Crippen molar-refractivity contribution < 1.29 is 5.11 Å². The zero-order valence-corrected chi connectivity index (χ0v) is 9.50. The van der Waals surface area contributed by atoms with Crippen molar-refractivity contribution in [2.75, 3.05) is 6.61 Å². The Labute approximate surface area is 91.3 Å². The molecule has 0 radical (unpaired) electrons. The summed E-state index contributed by atoms with van der Waals surface area (Å²) in [5.74, 6) is 0.960. The summed E-state index contributed by atoms with van der Waals surface area (Å²) in [6.07, 6.45) is 2.49. The Bertz CT molecular complexity index is 337. The number of hydrogen-bond donors (Lipinski definition) is 2. The summed E-state index contributed by atoms with van der Waals surface area (Å²) in [5, 5.41) is 8.89. The van der Waals surface area contributed by atoms with Crippen LogP contribution in [-0.4, -0.2) is 27.3 Å². The molecule has 1 aliphatic rings. The van der Waals surface area contributed by atoms with Crippen LogP contribution in [0.5, 0.6) is 0 Å². The van der Waals surface area contributed by atoms with Crippen LogP contribution in [0.25, 0.3) is 0 Å². The number of nitrogens with two attached hydrogens (primary N) is 1. The van der Waals surface area contributed by atoms with Gasteiger partial charge in [-0.1, -0.05) is 0 Å². The van der Waals surface area contributed by atoms with Gasteiger partial charge < -0.3 is 15.4 Å². The molecule has 4 nitrogen and oxygen atoms in total. The van der Waals surface area contributed by atoms with Crippen LogP contribution in [0.1, 0.15) is 17.9 Å². The van der Waals surface area contributed by atoms with Gasteiger partial charge in [0.2, 0.25) is 0 Å². The largest absolute Gasteiger partial charge is 0.396 e. The van der Waals surface area contributed by atoms with E-state index in [1.54, 1.807) is 0 Å². The van der Waals surface area contributed by atoms with E-state index in [1.807, 2.05) is 0 Å². The lowest BCUT2D eigenvalue weighted by molar-refractivity contribution is 0.293. The number of hydrogen-bond acceptors (Lipinski definition) is 3. The van der Waals surface area contributed by atoms with Crippen molar-refractivity contribution in [3.63, 3.8) is 0 Å². The highest BCUT2D eigenvalue weighted by atomic mass is 79.9. The molecule has 2 heterocycles. The number of aliphatic hydroxyl groups is 1. The summed E-state index contributed by atoms with van der Waals surface area (Å²) >= 11 is 3.43. The molecule has 2 rings (SSSR count). The van der Waals surface area contributed by atoms with Crippen molar-refractivity contribution in [3.8, 4) is 0 Å². The summed E-state index contributed by atoms with van der Waals surface area (Å²) in [4.78, 5) is 4.38. The Morgan fingerprint density at radius 1 is 1.64 bits per heavy atom. The van der Waals surface area contributed by atoms with E-state index < -0.39 is 0 Å². The minimum absolute atomic E-state index is 0.148. The van der Waals surface area contributed by atoms with Gasteiger partial charge in [0.05, 0.1) is 12.3 Å². The fraction of sp³-hybridized carbons (Fsp3) is 0.667. The number of nitrogens with zero attached hydrogens (tertiary/aromatic N) is 2. The van der Waals surface area contributed by atoms with E-state index in [4.69, 9.17) is 10.8 Å². The molecule has 1 atom stereocenters. The summed E-state index contributed by atoms with van der Waals surface area (Å²) in [5.41, 5.74) is 7.06. The van der Waals surface area contributed by atoms with E-state index in [0.29, 0.717) is 6.42 Å². The van der Waals surface area contributed by atoms with Crippen LogP contribution in [0, 0.1) is 0 Å². The highest BCUT2D eigenvalue weighted by molar-refractivity contribution is 9.10. The zero-order chi connectivity index (χ0) is 10.1. The van der Waals surface area contributed by atoms with Crippen molar-refractivity contribution in [2.45, 2.75) is 31.8 Å². The van der Waals surface area contributed by atoms with Crippen LogP contribution in [0.4, 0.5) is 0 Å². The van der Waals surface area contributed by atoms with E-state index in [1.165, 1.54) is 5.69 Å². The number of aliphatic hydroxyl groups excluding tert-OH is 1. The van der Waals surface area contributed by atoms with Gasteiger partial charge in [-0.05, 0) is 22.4 Å². The summed E-state index contributed by atoms with van der Waals surface area (Å²) in [6, 6.07) is 0.248. The molecule has 0 bridgehead atoms. The Morgan fingerprint density at radius 2 is 2.43 bits per heavy atom. The molecule has 0 saturated heterocycles. The quantitative estimate of drug-likeness (QED) is 0.811. The highest BCUT2D eigenvalue weighted by Crippen LogP contribution is 2.24. The molecule has 0 aliphatic carbocycles. The van der Waals surface area contributed by atoms with Crippen LogP contribution in [0.15, 0.2) is 4.60 Å². The molecule has 5 heteroatoms. The Kier molecular flexibility index (Phi) is 2.90. The summed E-state index contributed by atoms with van der Waals surface area (Å²) < 4.78 is 3.06. The Hall–Kier alpha value is -0.390. The van der Waals surface area contributed by atoms with E-state index in [-0.39, 0.29) is 12.6 Å². The van der Waals surface area contributed by atoms with Crippen molar-refractivity contribution in [1.82, 2.24) is 9.55 Å². The van der Waals surface area contributed by atoms with E-state index >= 15 is 0 Å². The molecule has 0 saturated carbocycles.